The maximum atomic E-state index is 6.30. The van der Waals surface area contributed by atoms with E-state index in [0.29, 0.717) is 0 Å². The highest BCUT2D eigenvalue weighted by molar-refractivity contribution is 5.71. The number of aromatic nitrogens is 2. The molecule has 2 aromatic heterocycles. The van der Waals surface area contributed by atoms with E-state index in [1.54, 1.807) is 0 Å². The first-order valence-electron chi connectivity index (χ1n) is 10.7. The molecular formula is C26H22N4O. The van der Waals surface area contributed by atoms with Gasteiger partial charge in [-0.1, -0.05) is 24.3 Å². The van der Waals surface area contributed by atoms with E-state index in [0.717, 1.165) is 49.1 Å². The second-order valence-electron chi connectivity index (χ2n) is 7.86. The summed E-state index contributed by atoms with van der Waals surface area (Å²) < 4.78 is 6.30. The van der Waals surface area contributed by atoms with Crippen LogP contribution in [0, 0.1) is 0 Å². The molecule has 6 rings (SSSR count). The van der Waals surface area contributed by atoms with Crippen LogP contribution in [-0.2, 0) is 12.8 Å². The Hall–Kier alpha value is -3.86. The van der Waals surface area contributed by atoms with Gasteiger partial charge in [-0.3, -0.25) is 0 Å². The highest BCUT2D eigenvalue weighted by atomic mass is 16.5. The standard InChI is InChI=1S/C26H22N4O/c1-3-13-27-25(5-1)29-15-11-19-7-9-21(17-23(19)29)31-22-10-8-20-12-16-30(24(20)18-22)26-6-2-4-14-28-26/h1-10,13-14,17-18H,11-12,15-16H2. The van der Waals surface area contributed by atoms with E-state index in [1.807, 2.05) is 36.7 Å². The van der Waals surface area contributed by atoms with Crippen LogP contribution in [0.4, 0.5) is 23.0 Å². The van der Waals surface area contributed by atoms with Gasteiger partial charge in [-0.15, -0.1) is 0 Å². The van der Waals surface area contributed by atoms with Gasteiger partial charge in [0.25, 0.3) is 0 Å². The van der Waals surface area contributed by atoms with Crippen molar-refractivity contribution in [1.82, 2.24) is 9.97 Å². The fraction of sp³-hybridized carbons (Fsp3) is 0.154. The molecule has 0 aliphatic carbocycles. The molecule has 0 atom stereocenters. The first-order valence-corrected chi connectivity index (χ1v) is 10.7. The molecule has 4 aromatic rings. The van der Waals surface area contributed by atoms with Gasteiger partial charge in [0.2, 0.25) is 0 Å². The molecule has 0 amide bonds. The third kappa shape index (κ3) is 3.28. The number of ether oxygens (including phenoxy) is 1. The van der Waals surface area contributed by atoms with E-state index in [-0.39, 0.29) is 0 Å². The average Bonchev–Trinajstić information content (AvgIpc) is 3.44. The summed E-state index contributed by atoms with van der Waals surface area (Å²) in [7, 11) is 0. The Kier molecular flexibility index (Phi) is 4.31. The van der Waals surface area contributed by atoms with E-state index in [9.17, 15) is 0 Å². The van der Waals surface area contributed by atoms with Crippen LogP contribution in [-0.4, -0.2) is 23.1 Å². The molecule has 4 heterocycles. The molecule has 2 aromatic carbocycles. The van der Waals surface area contributed by atoms with Gasteiger partial charge in [-0.2, -0.15) is 0 Å². The minimum atomic E-state index is 0.837. The maximum Gasteiger partial charge on any atom is 0.132 e. The van der Waals surface area contributed by atoms with Crippen molar-refractivity contribution in [3.05, 3.63) is 96.3 Å². The molecule has 0 N–H and O–H groups in total. The zero-order valence-corrected chi connectivity index (χ0v) is 17.1. The van der Waals surface area contributed by atoms with Crippen molar-refractivity contribution in [2.45, 2.75) is 12.8 Å². The summed E-state index contributed by atoms with van der Waals surface area (Å²) in [5.74, 6) is 3.62. The summed E-state index contributed by atoms with van der Waals surface area (Å²) in [6, 6.07) is 24.8. The molecule has 2 aliphatic heterocycles. The second kappa shape index (κ2) is 7.43. The molecule has 5 heteroatoms. The van der Waals surface area contributed by atoms with Crippen LogP contribution in [0.15, 0.2) is 85.2 Å². The first kappa shape index (κ1) is 18.0. The average molecular weight is 406 g/mol. The van der Waals surface area contributed by atoms with Gasteiger partial charge in [-0.25, -0.2) is 9.97 Å². The lowest BCUT2D eigenvalue weighted by Gasteiger charge is -2.20. The zero-order chi connectivity index (χ0) is 20.6. The number of rotatable bonds is 4. The Morgan fingerprint density at radius 2 is 1.13 bits per heavy atom. The van der Waals surface area contributed by atoms with Crippen LogP contribution in [0.25, 0.3) is 0 Å². The van der Waals surface area contributed by atoms with E-state index in [4.69, 9.17) is 4.74 Å². The predicted molar refractivity (Wildman–Crippen MR) is 123 cm³/mol. The molecule has 0 saturated carbocycles. The van der Waals surface area contributed by atoms with E-state index in [2.05, 4.69) is 68.3 Å². The van der Waals surface area contributed by atoms with E-state index < -0.39 is 0 Å². The minimum absolute atomic E-state index is 0.837. The van der Waals surface area contributed by atoms with Gasteiger partial charge in [0.15, 0.2) is 0 Å². The first-order chi connectivity index (χ1) is 15.3. The molecule has 0 radical (unpaired) electrons. The highest BCUT2D eigenvalue weighted by Gasteiger charge is 2.23. The van der Waals surface area contributed by atoms with Gasteiger partial charge < -0.3 is 14.5 Å². The fourth-order valence-electron chi connectivity index (χ4n) is 4.48. The molecule has 0 fully saturated rings. The number of nitrogens with zero attached hydrogens (tertiary/aromatic N) is 4. The smallest absolute Gasteiger partial charge is 0.132 e. The normalized spacial score (nSPS) is 14.5. The van der Waals surface area contributed by atoms with Crippen LogP contribution >= 0.6 is 0 Å². The van der Waals surface area contributed by atoms with Gasteiger partial charge in [-0.05, 0) is 60.4 Å². The van der Waals surface area contributed by atoms with E-state index >= 15 is 0 Å². The molecule has 0 bridgehead atoms. The number of pyridine rings is 2. The topological polar surface area (TPSA) is 41.5 Å². The second-order valence-corrected chi connectivity index (χ2v) is 7.86. The third-order valence-electron chi connectivity index (χ3n) is 5.99. The van der Waals surface area contributed by atoms with Gasteiger partial charge in [0.1, 0.15) is 23.1 Å². The van der Waals surface area contributed by atoms with Crippen LogP contribution in [0.1, 0.15) is 11.1 Å². The summed E-state index contributed by atoms with van der Waals surface area (Å²) in [5, 5.41) is 0. The molecule has 5 nitrogen and oxygen atoms in total. The molecule has 0 spiro atoms. The SMILES string of the molecule is c1ccc(N2CCc3ccc(Oc4ccc5c(c4)N(c4ccccn4)CC5)cc32)nc1. The van der Waals surface area contributed by atoms with Crippen LogP contribution < -0.4 is 14.5 Å². The quantitative estimate of drug-likeness (QED) is 0.438. The number of fused-ring (bicyclic) bond motifs is 2. The number of hydrogen-bond donors (Lipinski definition) is 0. The molecule has 0 unspecified atom stereocenters. The Bertz CT molecular complexity index is 1130. The molecule has 0 saturated heterocycles. The lowest BCUT2D eigenvalue weighted by molar-refractivity contribution is 0.483. The lowest BCUT2D eigenvalue weighted by Crippen LogP contribution is -2.14. The van der Waals surface area contributed by atoms with Crippen molar-refractivity contribution in [2.75, 3.05) is 22.9 Å². The Morgan fingerprint density at radius 3 is 1.58 bits per heavy atom. The Balaban J connectivity index is 1.29. The van der Waals surface area contributed by atoms with Crippen LogP contribution in [0.3, 0.4) is 0 Å². The van der Waals surface area contributed by atoms with E-state index in [1.165, 1.54) is 22.5 Å². The zero-order valence-electron chi connectivity index (χ0n) is 17.1. The van der Waals surface area contributed by atoms with Crippen molar-refractivity contribution in [2.24, 2.45) is 0 Å². The summed E-state index contributed by atoms with van der Waals surface area (Å²) in [4.78, 5) is 13.6. The number of benzene rings is 2. The summed E-state index contributed by atoms with van der Waals surface area (Å²) in [6.45, 7) is 1.88. The predicted octanol–water partition coefficient (Wildman–Crippen LogP) is 5.66. The highest BCUT2D eigenvalue weighted by Crippen LogP contribution is 2.40. The minimum Gasteiger partial charge on any atom is -0.457 e. The Labute approximate surface area is 181 Å². The van der Waals surface area contributed by atoms with Crippen molar-refractivity contribution in [1.29, 1.82) is 0 Å². The third-order valence-corrected chi connectivity index (χ3v) is 5.99. The number of anilines is 4. The molecule has 2 aliphatic rings. The van der Waals surface area contributed by atoms with Gasteiger partial charge in [0.05, 0.1) is 0 Å². The lowest BCUT2D eigenvalue weighted by atomic mass is 10.1. The van der Waals surface area contributed by atoms with Crippen molar-refractivity contribution < 1.29 is 4.74 Å². The van der Waals surface area contributed by atoms with Crippen molar-refractivity contribution in [3.63, 3.8) is 0 Å². The van der Waals surface area contributed by atoms with Crippen molar-refractivity contribution >= 4 is 23.0 Å². The van der Waals surface area contributed by atoms with Crippen LogP contribution in [0.5, 0.6) is 11.5 Å². The van der Waals surface area contributed by atoms with Gasteiger partial charge in [0, 0.05) is 49.0 Å². The van der Waals surface area contributed by atoms with Crippen molar-refractivity contribution in [3.8, 4) is 11.5 Å². The van der Waals surface area contributed by atoms with Gasteiger partial charge >= 0.3 is 0 Å². The van der Waals surface area contributed by atoms with Crippen LogP contribution in [0.2, 0.25) is 0 Å². The molecule has 31 heavy (non-hydrogen) atoms. The molecule has 152 valence electrons. The maximum absolute atomic E-state index is 6.30. The number of hydrogen-bond acceptors (Lipinski definition) is 5. The molecular weight excluding hydrogens is 384 g/mol. The summed E-state index contributed by atoms with van der Waals surface area (Å²) in [6.07, 6.45) is 5.71. The monoisotopic (exact) mass is 406 g/mol. The largest absolute Gasteiger partial charge is 0.457 e. The fourth-order valence-corrected chi connectivity index (χ4v) is 4.48. The summed E-state index contributed by atoms with van der Waals surface area (Å²) >= 11 is 0. The summed E-state index contributed by atoms with van der Waals surface area (Å²) in [5.41, 5.74) is 5.00. The Morgan fingerprint density at radius 1 is 0.613 bits per heavy atom.